The van der Waals surface area contributed by atoms with Crippen LogP contribution in [0.25, 0.3) is 0 Å². The van der Waals surface area contributed by atoms with Crippen LogP contribution in [0.3, 0.4) is 0 Å². The summed E-state index contributed by atoms with van der Waals surface area (Å²) < 4.78 is 37.5. The van der Waals surface area contributed by atoms with E-state index in [1.54, 1.807) is 6.08 Å². The van der Waals surface area contributed by atoms with Crippen molar-refractivity contribution in [3.63, 3.8) is 0 Å². The first-order valence-electron chi connectivity index (χ1n) is 10.2. The molecule has 1 aliphatic carbocycles. The lowest BCUT2D eigenvalue weighted by Gasteiger charge is -2.29. The Morgan fingerprint density at radius 2 is 1.85 bits per heavy atom. The topological polar surface area (TPSA) is 15.6 Å². The van der Waals surface area contributed by atoms with Crippen LogP contribution in [0.5, 0.6) is 0 Å². The molecule has 0 amide bonds. The van der Waals surface area contributed by atoms with E-state index < -0.39 is 12.6 Å². The van der Waals surface area contributed by atoms with Gasteiger partial charge >= 0.3 is 6.18 Å². The second kappa shape index (κ2) is 9.20. The number of halogens is 3. The molecule has 26 heavy (non-hydrogen) atoms. The second-order valence-electron chi connectivity index (χ2n) is 8.05. The quantitative estimate of drug-likeness (QED) is 0.608. The maximum absolute atomic E-state index is 12.5. The molecule has 0 radical (unpaired) electrons. The molecule has 1 unspecified atom stereocenters. The fourth-order valence-electron chi connectivity index (χ4n) is 4.31. The van der Waals surface area contributed by atoms with Gasteiger partial charge in [-0.25, -0.2) is 0 Å². The normalized spacial score (nSPS) is 25.9. The first-order chi connectivity index (χ1) is 12.5. The molecule has 0 N–H and O–H groups in total. The highest BCUT2D eigenvalue weighted by molar-refractivity contribution is 5.95. The fourth-order valence-corrected chi connectivity index (χ4v) is 4.31. The van der Waals surface area contributed by atoms with E-state index in [0.29, 0.717) is 5.71 Å². The summed E-state index contributed by atoms with van der Waals surface area (Å²) in [6, 6.07) is 0.0284. The Morgan fingerprint density at radius 3 is 2.62 bits per heavy atom. The van der Waals surface area contributed by atoms with Crippen LogP contribution in [0.15, 0.2) is 28.8 Å². The van der Waals surface area contributed by atoms with Gasteiger partial charge in [0.1, 0.15) is 0 Å². The summed E-state index contributed by atoms with van der Waals surface area (Å²) in [6.07, 6.45) is 11.2. The fraction of sp³-hybridized carbons (Fsp3) is 0.762. The molecule has 2 nitrogen and oxygen atoms in total. The van der Waals surface area contributed by atoms with Gasteiger partial charge in [0.15, 0.2) is 0 Å². The molecule has 0 spiro atoms. The van der Waals surface area contributed by atoms with Crippen LogP contribution < -0.4 is 0 Å². The first-order valence-corrected chi connectivity index (χ1v) is 10.2. The summed E-state index contributed by atoms with van der Waals surface area (Å²) in [5.74, 6) is 0.891. The van der Waals surface area contributed by atoms with E-state index in [9.17, 15) is 13.2 Å². The molecule has 1 fully saturated rings. The molecular formula is C21H31F3N2. The summed E-state index contributed by atoms with van der Waals surface area (Å²) >= 11 is 0. The van der Waals surface area contributed by atoms with Gasteiger partial charge in [-0.3, -0.25) is 4.99 Å². The van der Waals surface area contributed by atoms with Crippen molar-refractivity contribution in [1.29, 1.82) is 0 Å². The zero-order valence-electron chi connectivity index (χ0n) is 15.6. The van der Waals surface area contributed by atoms with E-state index in [-0.39, 0.29) is 12.5 Å². The van der Waals surface area contributed by atoms with Gasteiger partial charge < -0.3 is 4.90 Å². The number of hydrogen-bond acceptors (Lipinski definition) is 2. The number of fused-ring (bicyclic) bond motifs is 1. The number of rotatable bonds is 5. The first kappa shape index (κ1) is 19.7. The summed E-state index contributed by atoms with van der Waals surface area (Å²) in [5, 5.41) is 0. The van der Waals surface area contributed by atoms with Gasteiger partial charge in [-0.1, -0.05) is 44.3 Å². The molecule has 3 rings (SSSR count). The van der Waals surface area contributed by atoms with Crippen molar-refractivity contribution >= 4 is 5.71 Å². The summed E-state index contributed by atoms with van der Waals surface area (Å²) in [5.41, 5.74) is 1.82. The zero-order chi connectivity index (χ0) is 18.4. The summed E-state index contributed by atoms with van der Waals surface area (Å²) in [6.45, 7) is 3.20. The van der Waals surface area contributed by atoms with E-state index >= 15 is 0 Å². The van der Waals surface area contributed by atoms with Gasteiger partial charge in [-0.15, -0.1) is 0 Å². The van der Waals surface area contributed by atoms with Crippen molar-refractivity contribution in [2.75, 3.05) is 19.6 Å². The zero-order valence-corrected chi connectivity index (χ0v) is 15.6. The molecule has 0 saturated heterocycles. The van der Waals surface area contributed by atoms with Crippen LogP contribution in [-0.4, -0.2) is 42.5 Å². The SMILES string of the molecule is FC(F)(F)CCC1=NC2C=C(C=C1)CCN(CCC1CCCCC1)CC2. The minimum atomic E-state index is -4.11. The lowest BCUT2D eigenvalue weighted by molar-refractivity contribution is -0.132. The van der Waals surface area contributed by atoms with Crippen LogP contribution >= 0.6 is 0 Å². The van der Waals surface area contributed by atoms with Crippen molar-refractivity contribution < 1.29 is 13.2 Å². The highest BCUT2D eigenvalue weighted by Gasteiger charge is 2.27. The molecule has 0 aromatic carbocycles. The van der Waals surface area contributed by atoms with Crippen molar-refractivity contribution in [2.24, 2.45) is 10.9 Å². The Kier molecular flexibility index (Phi) is 6.96. The average molecular weight is 368 g/mol. The molecule has 0 aromatic rings. The van der Waals surface area contributed by atoms with Gasteiger partial charge in [0.2, 0.25) is 0 Å². The van der Waals surface area contributed by atoms with Gasteiger partial charge in [0.05, 0.1) is 6.04 Å². The molecule has 146 valence electrons. The second-order valence-corrected chi connectivity index (χ2v) is 8.05. The van der Waals surface area contributed by atoms with Crippen molar-refractivity contribution in [3.8, 4) is 0 Å². The molecule has 2 aliphatic heterocycles. The third-order valence-corrected chi connectivity index (χ3v) is 5.93. The van der Waals surface area contributed by atoms with Crippen molar-refractivity contribution in [1.82, 2.24) is 4.90 Å². The molecule has 0 aromatic heterocycles. The predicted molar refractivity (Wildman–Crippen MR) is 101 cm³/mol. The Balaban J connectivity index is 1.52. The van der Waals surface area contributed by atoms with Gasteiger partial charge in [-0.05, 0) is 49.8 Å². The van der Waals surface area contributed by atoms with E-state index in [2.05, 4.69) is 16.0 Å². The van der Waals surface area contributed by atoms with Crippen LogP contribution in [-0.2, 0) is 0 Å². The van der Waals surface area contributed by atoms with Crippen molar-refractivity contribution in [2.45, 2.75) is 76.4 Å². The number of nitrogens with zero attached hydrogens (tertiary/aromatic N) is 2. The predicted octanol–water partition coefficient (Wildman–Crippen LogP) is 5.70. The standard InChI is InChI=1S/C21H31F3N2/c22-21(23,24)12-8-19-7-6-18-10-14-26(15-11-20(16-18)25-19)13-9-17-4-2-1-3-5-17/h6-7,16-17,20H,1-5,8-15H2. The third-order valence-electron chi connectivity index (χ3n) is 5.93. The average Bonchev–Trinajstić information content (AvgIpc) is 2.81. The molecule has 2 heterocycles. The van der Waals surface area contributed by atoms with Gasteiger partial charge in [-0.2, -0.15) is 13.2 Å². The van der Waals surface area contributed by atoms with Gasteiger partial charge in [0.25, 0.3) is 0 Å². The maximum atomic E-state index is 12.5. The molecular weight excluding hydrogens is 337 g/mol. The highest BCUT2D eigenvalue weighted by Crippen LogP contribution is 2.27. The maximum Gasteiger partial charge on any atom is 0.389 e. The van der Waals surface area contributed by atoms with Gasteiger partial charge in [0, 0.05) is 25.2 Å². The monoisotopic (exact) mass is 368 g/mol. The lowest BCUT2D eigenvalue weighted by Crippen LogP contribution is -2.32. The van der Waals surface area contributed by atoms with Crippen molar-refractivity contribution in [3.05, 3.63) is 23.8 Å². The number of hydrogen-bond donors (Lipinski definition) is 0. The minimum absolute atomic E-state index is 0.0109. The summed E-state index contributed by atoms with van der Waals surface area (Å²) in [7, 11) is 0. The Morgan fingerprint density at radius 1 is 1.04 bits per heavy atom. The smallest absolute Gasteiger partial charge is 0.303 e. The molecule has 1 saturated carbocycles. The number of allylic oxidation sites excluding steroid dienone is 2. The Bertz CT molecular complexity index is 542. The Hall–Kier alpha value is -1.10. The lowest BCUT2D eigenvalue weighted by atomic mass is 9.87. The molecule has 3 aliphatic rings. The molecule has 5 heteroatoms. The third kappa shape index (κ3) is 6.57. The van der Waals surface area contributed by atoms with E-state index in [4.69, 9.17) is 0 Å². The largest absolute Gasteiger partial charge is 0.389 e. The van der Waals surface area contributed by atoms with E-state index in [0.717, 1.165) is 38.4 Å². The van der Waals surface area contributed by atoms with Crippen LogP contribution in [0, 0.1) is 5.92 Å². The van der Waals surface area contributed by atoms with Crippen LogP contribution in [0.4, 0.5) is 13.2 Å². The minimum Gasteiger partial charge on any atom is -0.303 e. The summed E-state index contributed by atoms with van der Waals surface area (Å²) in [4.78, 5) is 7.15. The van der Waals surface area contributed by atoms with E-state index in [1.807, 2.05) is 6.08 Å². The Labute approximate surface area is 155 Å². The molecule has 1 atom stereocenters. The highest BCUT2D eigenvalue weighted by atomic mass is 19.4. The molecule has 2 bridgehead atoms. The number of alkyl halides is 3. The van der Waals surface area contributed by atoms with Crippen LogP contribution in [0.1, 0.15) is 64.2 Å². The number of aliphatic imine (C=N–C) groups is 1. The van der Waals surface area contributed by atoms with E-state index in [1.165, 1.54) is 44.1 Å². The van der Waals surface area contributed by atoms with Crippen LogP contribution in [0.2, 0.25) is 0 Å².